The molecule has 1 amide bonds. The van der Waals surface area contributed by atoms with E-state index in [9.17, 15) is 18.8 Å². The Hall–Kier alpha value is -5.29. The zero-order valence-corrected chi connectivity index (χ0v) is 26.2. The molecule has 46 heavy (non-hydrogen) atoms. The van der Waals surface area contributed by atoms with Gasteiger partial charge in [-0.05, 0) is 48.4 Å². The first kappa shape index (κ1) is 32.1. The third kappa shape index (κ3) is 7.16. The monoisotopic (exact) mass is 642 g/mol. The van der Waals surface area contributed by atoms with Crippen LogP contribution in [0.2, 0.25) is 0 Å². The van der Waals surface area contributed by atoms with Crippen LogP contribution in [0, 0.1) is 5.82 Å². The quantitative estimate of drug-likeness (QED) is 0.112. The number of ether oxygens (including phenoxy) is 4. The van der Waals surface area contributed by atoms with Gasteiger partial charge in [-0.1, -0.05) is 42.5 Å². The maximum absolute atomic E-state index is 14.5. The summed E-state index contributed by atoms with van der Waals surface area (Å²) in [7, 11) is 4.41. The van der Waals surface area contributed by atoms with Gasteiger partial charge in [-0.3, -0.25) is 14.4 Å². The Balaban J connectivity index is 1.43. The SMILES string of the molecule is COc1ccc(C(=O)N[C@@H](CCC(=O)OCc2ccccc2)C(=O)c2ccc(OC)c(-c3csc4c(F)cccc34)n2)cc1OC. The van der Waals surface area contributed by atoms with Crippen LogP contribution in [-0.2, 0) is 16.1 Å². The van der Waals surface area contributed by atoms with Crippen molar-refractivity contribution in [2.75, 3.05) is 21.3 Å². The molecule has 0 radical (unpaired) electrons. The van der Waals surface area contributed by atoms with Crippen molar-refractivity contribution in [1.82, 2.24) is 10.3 Å². The molecule has 11 heteroatoms. The maximum atomic E-state index is 14.5. The van der Waals surface area contributed by atoms with Gasteiger partial charge in [0.05, 0.1) is 32.1 Å². The second-order valence-electron chi connectivity index (χ2n) is 10.2. The molecule has 9 nitrogen and oxygen atoms in total. The highest BCUT2D eigenvalue weighted by molar-refractivity contribution is 7.17. The molecule has 0 saturated carbocycles. The second-order valence-corrected chi connectivity index (χ2v) is 11.0. The molecule has 5 aromatic rings. The van der Waals surface area contributed by atoms with E-state index in [1.807, 2.05) is 30.3 Å². The van der Waals surface area contributed by atoms with E-state index in [2.05, 4.69) is 10.3 Å². The maximum Gasteiger partial charge on any atom is 0.306 e. The van der Waals surface area contributed by atoms with E-state index >= 15 is 0 Å². The Labute approximate surface area is 268 Å². The summed E-state index contributed by atoms with van der Waals surface area (Å²) in [6.07, 6.45) is -0.200. The summed E-state index contributed by atoms with van der Waals surface area (Å²) < 4.78 is 36.4. The van der Waals surface area contributed by atoms with Gasteiger partial charge in [-0.15, -0.1) is 11.3 Å². The van der Waals surface area contributed by atoms with Gasteiger partial charge in [0.1, 0.15) is 29.6 Å². The summed E-state index contributed by atoms with van der Waals surface area (Å²) in [5, 5.41) is 5.14. The number of halogens is 1. The molecule has 0 aliphatic carbocycles. The number of aromatic nitrogens is 1. The largest absolute Gasteiger partial charge is 0.494 e. The lowest BCUT2D eigenvalue weighted by atomic mass is 10.0. The number of benzene rings is 3. The first-order valence-corrected chi connectivity index (χ1v) is 15.2. The molecule has 0 unspecified atom stereocenters. The number of esters is 1. The molecule has 1 atom stereocenters. The molecule has 0 spiro atoms. The van der Waals surface area contributed by atoms with Gasteiger partial charge in [-0.25, -0.2) is 9.37 Å². The number of rotatable bonds is 13. The molecule has 1 N–H and O–H groups in total. The molecule has 0 aliphatic rings. The molecular formula is C35H31FN2O7S. The van der Waals surface area contributed by atoms with E-state index in [4.69, 9.17) is 18.9 Å². The summed E-state index contributed by atoms with van der Waals surface area (Å²) >= 11 is 1.22. The van der Waals surface area contributed by atoms with Crippen LogP contribution in [0.15, 0.2) is 84.2 Å². The number of amides is 1. The van der Waals surface area contributed by atoms with Gasteiger partial charge in [0.25, 0.3) is 5.91 Å². The molecule has 5 rings (SSSR count). The van der Waals surface area contributed by atoms with Crippen LogP contribution in [0.3, 0.4) is 0 Å². The molecule has 2 aromatic heterocycles. The van der Waals surface area contributed by atoms with Gasteiger partial charge in [0.15, 0.2) is 11.5 Å². The van der Waals surface area contributed by atoms with Crippen molar-refractivity contribution in [3.8, 4) is 28.5 Å². The third-order valence-electron chi connectivity index (χ3n) is 7.28. The van der Waals surface area contributed by atoms with Crippen molar-refractivity contribution >= 4 is 39.1 Å². The van der Waals surface area contributed by atoms with Crippen molar-refractivity contribution in [2.45, 2.75) is 25.5 Å². The van der Waals surface area contributed by atoms with Crippen molar-refractivity contribution in [3.63, 3.8) is 0 Å². The molecule has 0 saturated heterocycles. The molecule has 0 fully saturated rings. The number of carbonyl (C=O) groups is 3. The average molecular weight is 643 g/mol. The standard InChI is InChI=1S/C35H31FN2O7S/c1-42-28-15-12-22(18-30(28)44-3)35(41)38-27(14-17-31(39)45-19-21-8-5-4-6-9-21)33(40)26-13-16-29(43-2)32(37-26)24-20-46-34-23(24)10-7-11-25(34)36/h4-13,15-16,18,20,27H,14,17,19H2,1-3H3,(H,38,41)/t27-/m0/s1. The van der Waals surface area contributed by atoms with Gasteiger partial charge in [-0.2, -0.15) is 0 Å². The Morgan fingerprint density at radius 2 is 1.61 bits per heavy atom. The Morgan fingerprint density at radius 3 is 2.35 bits per heavy atom. The minimum absolute atomic E-state index is 0.0295. The number of carbonyl (C=O) groups excluding carboxylic acids is 3. The molecule has 3 aromatic carbocycles. The smallest absolute Gasteiger partial charge is 0.306 e. The first-order chi connectivity index (χ1) is 22.3. The number of ketones is 1. The lowest BCUT2D eigenvalue weighted by Crippen LogP contribution is -2.41. The summed E-state index contributed by atoms with van der Waals surface area (Å²) in [6.45, 7) is 0.0782. The van der Waals surface area contributed by atoms with E-state index in [-0.39, 0.29) is 36.5 Å². The van der Waals surface area contributed by atoms with E-state index in [0.29, 0.717) is 38.6 Å². The summed E-state index contributed by atoms with van der Waals surface area (Å²) in [5.74, 6) is -0.832. The van der Waals surface area contributed by atoms with Crippen LogP contribution in [0.5, 0.6) is 17.2 Å². The van der Waals surface area contributed by atoms with Gasteiger partial charge in [0.2, 0.25) is 5.78 Å². The third-order valence-corrected chi connectivity index (χ3v) is 8.29. The fourth-order valence-corrected chi connectivity index (χ4v) is 5.85. The molecule has 0 bridgehead atoms. The predicted octanol–water partition coefficient (Wildman–Crippen LogP) is 6.63. The van der Waals surface area contributed by atoms with Crippen LogP contribution in [0.1, 0.15) is 39.3 Å². The highest BCUT2D eigenvalue weighted by Crippen LogP contribution is 2.38. The Morgan fingerprint density at radius 1 is 0.870 bits per heavy atom. The average Bonchev–Trinajstić information content (AvgIpc) is 3.54. The van der Waals surface area contributed by atoms with Crippen LogP contribution >= 0.6 is 11.3 Å². The normalized spacial score (nSPS) is 11.5. The molecular weight excluding hydrogens is 611 g/mol. The molecule has 0 aliphatic heterocycles. The molecule has 2 heterocycles. The van der Waals surface area contributed by atoms with Crippen molar-refractivity contribution < 1.29 is 37.7 Å². The number of nitrogens with zero attached hydrogens (tertiary/aromatic N) is 1. The molecule has 236 valence electrons. The van der Waals surface area contributed by atoms with Gasteiger partial charge in [0, 0.05) is 28.3 Å². The number of Topliss-reactive ketones (excluding diaryl/α,β-unsaturated/α-hetero) is 1. The van der Waals surface area contributed by atoms with Crippen LogP contribution in [0.25, 0.3) is 21.3 Å². The number of pyridine rings is 1. The van der Waals surface area contributed by atoms with Gasteiger partial charge < -0.3 is 24.3 Å². The highest BCUT2D eigenvalue weighted by Gasteiger charge is 2.27. The van der Waals surface area contributed by atoms with Crippen molar-refractivity contribution in [3.05, 3.63) is 107 Å². The lowest BCUT2D eigenvalue weighted by molar-refractivity contribution is -0.145. The number of hydrogen-bond donors (Lipinski definition) is 1. The number of methoxy groups -OCH3 is 3. The Bertz CT molecular complexity index is 1880. The second kappa shape index (κ2) is 14.7. The highest BCUT2D eigenvalue weighted by atomic mass is 32.1. The first-order valence-electron chi connectivity index (χ1n) is 14.3. The lowest BCUT2D eigenvalue weighted by Gasteiger charge is -2.19. The summed E-state index contributed by atoms with van der Waals surface area (Å²) in [5.41, 5.74) is 2.01. The van der Waals surface area contributed by atoms with Crippen LogP contribution < -0.4 is 19.5 Å². The van der Waals surface area contributed by atoms with E-state index in [0.717, 1.165) is 5.56 Å². The van der Waals surface area contributed by atoms with Crippen molar-refractivity contribution in [2.24, 2.45) is 0 Å². The zero-order chi connectivity index (χ0) is 32.6. The van der Waals surface area contributed by atoms with Crippen molar-refractivity contribution in [1.29, 1.82) is 0 Å². The number of hydrogen-bond acceptors (Lipinski definition) is 9. The van der Waals surface area contributed by atoms with Gasteiger partial charge >= 0.3 is 5.97 Å². The fraction of sp³-hybridized carbons (Fsp3) is 0.200. The van der Waals surface area contributed by atoms with Crippen LogP contribution in [-0.4, -0.2) is 50.0 Å². The summed E-state index contributed by atoms with van der Waals surface area (Å²) in [4.78, 5) is 44.7. The van der Waals surface area contributed by atoms with E-state index in [1.165, 1.54) is 56.9 Å². The zero-order valence-electron chi connectivity index (χ0n) is 25.4. The minimum atomic E-state index is -1.14. The topological polar surface area (TPSA) is 113 Å². The minimum Gasteiger partial charge on any atom is -0.494 e. The fourth-order valence-electron chi connectivity index (χ4n) is 4.89. The van der Waals surface area contributed by atoms with E-state index in [1.54, 1.807) is 29.6 Å². The van der Waals surface area contributed by atoms with E-state index < -0.39 is 23.7 Å². The summed E-state index contributed by atoms with van der Waals surface area (Å²) in [6, 6.07) is 20.5. The number of nitrogens with one attached hydrogen (secondary N) is 1. The predicted molar refractivity (Wildman–Crippen MR) is 172 cm³/mol. The number of thiophene rings is 1. The Kier molecular flexibility index (Phi) is 10.2. The van der Waals surface area contributed by atoms with Crippen LogP contribution in [0.4, 0.5) is 4.39 Å². The number of fused-ring (bicyclic) bond motifs is 1.